The lowest BCUT2D eigenvalue weighted by Crippen LogP contribution is -2.19. The van der Waals surface area contributed by atoms with E-state index in [9.17, 15) is 0 Å². The summed E-state index contributed by atoms with van der Waals surface area (Å²) in [6, 6.07) is 10.8. The summed E-state index contributed by atoms with van der Waals surface area (Å²) in [6.07, 6.45) is 4.34. The lowest BCUT2D eigenvalue weighted by molar-refractivity contribution is 0.592. The smallest absolute Gasteiger partial charge is 0.0622 e. The fourth-order valence-corrected chi connectivity index (χ4v) is 2.17. The predicted octanol–water partition coefficient (Wildman–Crippen LogP) is 3.55. The molecule has 0 aliphatic rings. The Hall–Kier alpha value is -1.38. The van der Waals surface area contributed by atoms with Gasteiger partial charge in [-0.2, -0.15) is 0 Å². The molecule has 3 heteroatoms. The van der Waals surface area contributed by atoms with Gasteiger partial charge in [0.15, 0.2) is 0 Å². The summed E-state index contributed by atoms with van der Waals surface area (Å²) in [7, 11) is 1.97. The number of hydrogen-bond acceptors (Lipinski definition) is 2. The van der Waals surface area contributed by atoms with Crippen LogP contribution < -0.4 is 5.32 Å². The number of halogens is 1. The van der Waals surface area contributed by atoms with Gasteiger partial charge in [0.25, 0.3) is 0 Å². The van der Waals surface area contributed by atoms with Gasteiger partial charge in [-0.15, -0.1) is 0 Å². The highest BCUT2D eigenvalue weighted by Crippen LogP contribution is 2.22. The second-order valence-corrected chi connectivity index (χ2v) is 4.83. The van der Waals surface area contributed by atoms with Crippen molar-refractivity contribution in [1.82, 2.24) is 10.3 Å². The van der Waals surface area contributed by atoms with E-state index in [2.05, 4.69) is 41.5 Å². The molecule has 0 fully saturated rings. The van der Waals surface area contributed by atoms with Crippen LogP contribution in [0.25, 0.3) is 0 Å². The Kier molecular flexibility index (Phi) is 4.34. The first kappa shape index (κ1) is 13.1. The highest BCUT2D eigenvalue weighted by molar-refractivity contribution is 6.31. The predicted molar refractivity (Wildman–Crippen MR) is 75.9 cm³/mol. The number of nitrogens with one attached hydrogen (secondary N) is 1. The van der Waals surface area contributed by atoms with Crippen LogP contribution in [0.4, 0.5) is 0 Å². The molecule has 0 saturated heterocycles. The maximum Gasteiger partial charge on any atom is 0.0622 e. The van der Waals surface area contributed by atoms with E-state index in [1.54, 1.807) is 12.4 Å². The lowest BCUT2D eigenvalue weighted by atomic mass is 9.99. The minimum atomic E-state index is 0.269. The van der Waals surface area contributed by atoms with E-state index < -0.39 is 0 Å². The first-order chi connectivity index (χ1) is 8.70. The van der Waals surface area contributed by atoms with Crippen LogP contribution in [0.3, 0.4) is 0 Å². The molecule has 1 heterocycles. The first-order valence-corrected chi connectivity index (χ1v) is 6.40. The zero-order valence-electron chi connectivity index (χ0n) is 10.7. The summed E-state index contributed by atoms with van der Waals surface area (Å²) in [6.45, 7) is 2.10. The second kappa shape index (κ2) is 5.98. The largest absolute Gasteiger partial charge is 0.313 e. The van der Waals surface area contributed by atoms with Gasteiger partial charge < -0.3 is 5.32 Å². The average Bonchev–Trinajstić information content (AvgIpc) is 2.39. The molecule has 0 amide bonds. The summed E-state index contributed by atoms with van der Waals surface area (Å²) in [5, 5.41) is 4.06. The van der Waals surface area contributed by atoms with Crippen molar-refractivity contribution in [3.8, 4) is 0 Å². The van der Waals surface area contributed by atoms with E-state index in [0.717, 1.165) is 17.0 Å². The zero-order valence-corrected chi connectivity index (χ0v) is 11.4. The topological polar surface area (TPSA) is 24.9 Å². The number of likely N-dealkylation sites (N-methyl/N-ethyl adjacent to an activating group) is 1. The number of aromatic nitrogens is 1. The minimum Gasteiger partial charge on any atom is -0.313 e. The maximum absolute atomic E-state index is 6.15. The van der Waals surface area contributed by atoms with Crippen LogP contribution in [0.15, 0.2) is 42.7 Å². The van der Waals surface area contributed by atoms with Crippen molar-refractivity contribution in [2.75, 3.05) is 7.05 Å². The average molecular weight is 261 g/mol. The molecule has 0 aliphatic heterocycles. The number of benzene rings is 1. The summed E-state index contributed by atoms with van der Waals surface area (Å²) in [4.78, 5) is 4.01. The molecular formula is C15H17ClN2. The van der Waals surface area contributed by atoms with E-state index in [4.69, 9.17) is 11.6 Å². The Morgan fingerprint density at radius 2 is 1.94 bits per heavy atom. The van der Waals surface area contributed by atoms with Crippen molar-refractivity contribution in [3.63, 3.8) is 0 Å². The van der Waals surface area contributed by atoms with Crippen molar-refractivity contribution in [2.45, 2.75) is 19.4 Å². The van der Waals surface area contributed by atoms with E-state index in [1.165, 1.54) is 11.1 Å². The highest BCUT2D eigenvalue weighted by atomic mass is 35.5. The molecule has 2 nitrogen and oxygen atoms in total. The monoisotopic (exact) mass is 260 g/mol. The lowest BCUT2D eigenvalue weighted by Gasteiger charge is -2.17. The molecule has 0 radical (unpaired) electrons. The van der Waals surface area contributed by atoms with Crippen molar-refractivity contribution in [2.24, 2.45) is 0 Å². The molecule has 0 bridgehead atoms. The summed E-state index contributed by atoms with van der Waals surface area (Å²) in [5.74, 6) is 0. The van der Waals surface area contributed by atoms with Gasteiger partial charge in [-0.05, 0) is 37.6 Å². The van der Waals surface area contributed by atoms with E-state index in [0.29, 0.717) is 0 Å². The molecule has 0 aliphatic carbocycles. The molecule has 0 spiro atoms. The van der Waals surface area contributed by atoms with Crippen LogP contribution in [0.5, 0.6) is 0 Å². The van der Waals surface area contributed by atoms with Gasteiger partial charge >= 0.3 is 0 Å². The fraction of sp³-hybridized carbons (Fsp3) is 0.267. The van der Waals surface area contributed by atoms with E-state index in [1.807, 2.05) is 13.1 Å². The molecule has 1 atom stereocenters. The molecule has 18 heavy (non-hydrogen) atoms. The van der Waals surface area contributed by atoms with Crippen LogP contribution in [-0.4, -0.2) is 12.0 Å². The summed E-state index contributed by atoms with van der Waals surface area (Å²) < 4.78 is 0. The Labute approximate surface area is 113 Å². The third kappa shape index (κ3) is 3.09. The molecule has 2 aromatic rings. The highest BCUT2D eigenvalue weighted by Gasteiger charge is 2.11. The number of aryl methyl sites for hydroxylation is 1. The molecular weight excluding hydrogens is 244 g/mol. The number of rotatable bonds is 4. The van der Waals surface area contributed by atoms with Gasteiger partial charge in [0, 0.05) is 18.4 Å². The zero-order chi connectivity index (χ0) is 13.0. The quantitative estimate of drug-likeness (QED) is 0.910. The number of nitrogens with zero attached hydrogens (tertiary/aromatic N) is 1. The Morgan fingerprint density at radius 1 is 1.22 bits per heavy atom. The standard InChI is InChI=1S/C15H17ClN2/c1-11-3-5-12(6-4-11)15(17-2)9-13-7-8-18-10-14(13)16/h3-8,10,15,17H,9H2,1-2H3. The van der Waals surface area contributed by atoms with Crippen molar-refractivity contribution in [3.05, 3.63) is 64.4 Å². The molecule has 2 rings (SSSR count). The van der Waals surface area contributed by atoms with Gasteiger partial charge in [-0.3, -0.25) is 4.98 Å². The van der Waals surface area contributed by atoms with Gasteiger partial charge in [-0.1, -0.05) is 41.4 Å². The minimum absolute atomic E-state index is 0.269. The Morgan fingerprint density at radius 3 is 2.56 bits per heavy atom. The SMILES string of the molecule is CNC(Cc1ccncc1Cl)c1ccc(C)cc1. The number of hydrogen-bond donors (Lipinski definition) is 1. The van der Waals surface area contributed by atoms with Gasteiger partial charge in [-0.25, -0.2) is 0 Å². The summed E-state index contributed by atoms with van der Waals surface area (Å²) in [5.41, 5.74) is 3.66. The molecule has 0 saturated carbocycles. The third-order valence-electron chi connectivity index (χ3n) is 3.11. The fourth-order valence-electron chi connectivity index (χ4n) is 1.97. The van der Waals surface area contributed by atoms with Gasteiger partial charge in [0.1, 0.15) is 0 Å². The van der Waals surface area contributed by atoms with Crippen LogP contribution >= 0.6 is 11.6 Å². The molecule has 1 aromatic carbocycles. The maximum atomic E-state index is 6.15. The third-order valence-corrected chi connectivity index (χ3v) is 3.45. The Bertz CT molecular complexity index is 508. The molecule has 94 valence electrons. The summed E-state index contributed by atoms with van der Waals surface area (Å²) >= 11 is 6.15. The van der Waals surface area contributed by atoms with Gasteiger partial charge in [0.2, 0.25) is 0 Å². The van der Waals surface area contributed by atoms with Gasteiger partial charge in [0.05, 0.1) is 5.02 Å². The molecule has 1 unspecified atom stereocenters. The van der Waals surface area contributed by atoms with E-state index >= 15 is 0 Å². The van der Waals surface area contributed by atoms with Crippen molar-refractivity contribution < 1.29 is 0 Å². The van der Waals surface area contributed by atoms with Crippen LogP contribution in [0.1, 0.15) is 22.7 Å². The van der Waals surface area contributed by atoms with Crippen LogP contribution in [0, 0.1) is 6.92 Å². The van der Waals surface area contributed by atoms with Crippen LogP contribution in [-0.2, 0) is 6.42 Å². The number of pyridine rings is 1. The molecule has 1 aromatic heterocycles. The van der Waals surface area contributed by atoms with E-state index in [-0.39, 0.29) is 6.04 Å². The second-order valence-electron chi connectivity index (χ2n) is 4.42. The van der Waals surface area contributed by atoms with Crippen molar-refractivity contribution in [1.29, 1.82) is 0 Å². The Balaban J connectivity index is 2.20. The first-order valence-electron chi connectivity index (χ1n) is 6.03. The molecule has 1 N–H and O–H groups in total. The normalized spacial score (nSPS) is 12.4. The van der Waals surface area contributed by atoms with Crippen molar-refractivity contribution >= 4 is 11.6 Å². The van der Waals surface area contributed by atoms with Crippen LogP contribution in [0.2, 0.25) is 5.02 Å².